The minimum atomic E-state index is -1.67. The normalized spacial score (nSPS) is 24.2. The average Bonchev–Trinajstić information content (AvgIpc) is 2.94. The number of benzene rings is 1. The van der Waals surface area contributed by atoms with Gasteiger partial charge in [0.1, 0.15) is 22.1 Å². The molecule has 26 heavy (non-hydrogen) atoms. The molecule has 1 aromatic carbocycles. The third-order valence-corrected chi connectivity index (χ3v) is 5.13. The molecular formula is C18H20ClNO6. The molecular weight excluding hydrogens is 362 g/mol. The van der Waals surface area contributed by atoms with Crippen molar-refractivity contribution in [3.8, 4) is 17.2 Å². The summed E-state index contributed by atoms with van der Waals surface area (Å²) in [5.74, 6) is -0.722. The zero-order valence-electron chi connectivity index (χ0n) is 14.7. The van der Waals surface area contributed by atoms with Gasteiger partial charge in [-0.1, -0.05) is 18.5 Å². The lowest BCUT2D eigenvalue weighted by molar-refractivity contribution is -0.129. The van der Waals surface area contributed by atoms with Gasteiger partial charge in [-0.3, -0.25) is 9.59 Å². The first-order chi connectivity index (χ1) is 12.4. The molecule has 0 saturated carbocycles. The molecule has 0 radical (unpaired) electrons. The Hall–Kier alpha value is -2.25. The van der Waals surface area contributed by atoms with Crippen LogP contribution in [0.4, 0.5) is 0 Å². The Bertz CT molecular complexity index is 805. The molecule has 2 N–H and O–H groups in total. The zero-order chi connectivity index (χ0) is 19.1. The van der Waals surface area contributed by atoms with E-state index in [0.29, 0.717) is 24.4 Å². The summed E-state index contributed by atoms with van der Waals surface area (Å²) in [4.78, 5) is 26.1. The Balaban J connectivity index is 2.08. The molecule has 140 valence electrons. The van der Waals surface area contributed by atoms with Crippen molar-refractivity contribution < 1.29 is 28.9 Å². The number of aliphatic hydroxyl groups is 1. The number of hydrogen-bond acceptors (Lipinski definition) is 7. The molecule has 8 heteroatoms. The number of fused-ring (bicyclic) bond motifs is 1. The molecule has 1 aliphatic carbocycles. The third-order valence-electron chi connectivity index (χ3n) is 4.77. The summed E-state index contributed by atoms with van der Waals surface area (Å²) in [6.45, 7) is 2.04. The first-order valence-electron chi connectivity index (χ1n) is 8.18. The highest BCUT2D eigenvalue weighted by molar-refractivity contribution is 6.36. The van der Waals surface area contributed by atoms with Crippen LogP contribution in [0.25, 0.3) is 0 Å². The van der Waals surface area contributed by atoms with E-state index in [9.17, 15) is 9.59 Å². The van der Waals surface area contributed by atoms with Gasteiger partial charge < -0.3 is 24.6 Å². The Morgan fingerprint density at radius 1 is 1.35 bits per heavy atom. The first-order valence-corrected chi connectivity index (χ1v) is 8.56. The topological polar surface area (TPSA) is 94.1 Å². The van der Waals surface area contributed by atoms with Crippen LogP contribution in [0.15, 0.2) is 17.8 Å². The largest absolute Gasteiger partial charge is 0.496 e. The summed E-state index contributed by atoms with van der Waals surface area (Å²) in [5, 5.41) is 12.0. The molecule has 0 unspecified atom stereocenters. The van der Waals surface area contributed by atoms with Crippen molar-refractivity contribution in [3.63, 3.8) is 0 Å². The SMILES string of the molecule is COc1cc(OC)c2c(c1Cl)O[C@@]1(C(=O)C=C(NCCO)C[C@H]1C)C2=O. The second kappa shape index (κ2) is 6.81. The van der Waals surface area contributed by atoms with Gasteiger partial charge in [-0.05, 0) is 6.42 Å². The lowest BCUT2D eigenvalue weighted by atomic mass is 9.74. The number of hydrogen-bond donors (Lipinski definition) is 2. The van der Waals surface area contributed by atoms with Crippen molar-refractivity contribution in [2.45, 2.75) is 18.9 Å². The van der Waals surface area contributed by atoms with Crippen LogP contribution < -0.4 is 19.5 Å². The Morgan fingerprint density at radius 2 is 2.04 bits per heavy atom. The van der Waals surface area contributed by atoms with E-state index in [1.54, 1.807) is 6.92 Å². The van der Waals surface area contributed by atoms with Crippen molar-refractivity contribution >= 4 is 23.2 Å². The average molecular weight is 382 g/mol. The Morgan fingerprint density at radius 3 is 2.62 bits per heavy atom. The highest BCUT2D eigenvalue weighted by Gasteiger charge is 2.60. The smallest absolute Gasteiger partial charge is 0.236 e. The number of methoxy groups -OCH3 is 2. The van der Waals surface area contributed by atoms with E-state index in [-0.39, 0.29) is 28.7 Å². The molecule has 7 nitrogen and oxygen atoms in total. The summed E-state index contributed by atoms with van der Waals surface area (Å²) in [6.07, 6.45) is 1.78. The van der Waals surface area contributed by atoms with Crippen LogP contribution in [0.5, 0.6) is 17.2 Å². The zero-order valence-corrected chi connectivity index (χ0v) is 15.5. The van der Waals surface area contributed by atoms with Crippen molar-refractivity contribution in [1.29, 1.82) is 0 Å². The van der Waals surface area contributed by atoms with Gasteiger partial charge in [-0.2, -0.15) is 0 Å². The van der Waals surface area contributed by atoms with Crippen LogP contribution in [-0.2, 0) is 4.79 Å². The number of halogens is 1. The summed E-state index contributed by atoms with van der Waals surface area (Å²) in [7, 11) is 2.86. The van der Waals surface area contributed by atoms with Gasteiger partial charge in [0.15, 0.2) is 5.75 Å². The van der Waals surface area contributed by atoms with E-state index in [2.05, 4.69) is 5.32 Å². The second-order valence-electron chi connectivity index (χ2n) is 6.26. The molecule has 0 bridgehead atoms. The van der Waals surface area contributed by atoms with Crippen LogP contribution in [0.1, 0.15) is 23.7 Å². The van der Waals surface area contributed by atoms with Crippen LogP contribution in [-0.4, -0.2) is 49.6 Å². The lowest BCUT2D eigenvalue weighted by Gasteiger charge is -2.35. The molecule has 0 fully saturated rings. The van der Waals surface area contributed by atoms with Gasteiger partial charge in [0, 0.05) is 30.3 Å². The van der Waals surface area contributed by atoms with Gasteiger partial charge >= 0.3 is 0 Å². The molecule has 1 aliphatic heterocycles. The molecule has 2 atom stereocenters. The van der Waals surface area contributed by atoms with Crippen molar-refractivity contribution in [2.24, 2.45) is 5.92 Å². The van der Waals surface area contributed by atoms with Gasteiger partial charge in [0.2, 0.25) is 17.2 Å². The first kappa shape index (κ1) is 18.5. The van der Waals surface area contributed by atoms with Crippen molar-refractivity contribution in [2.75, 3.05) is 27.4 Å². The predicted octanol–water partition coefficient (Wildman–Crippen LogP) is 1.75. The number of aliphatic hydroxyl groups excluding tert-OH is 1. The number of carbonyl (C=O) groups excluding carboxylic acids is 2. The molecule has 2 aliphatic rings. The maximum Gasteiger partial charge on any atom is 0.236 e. The molecule has 1 heterocycles. The maximum absolute atomic E-state index is 13.2. The van der Waals surface area contributed by atoms with E-state index < -0.39 is 23.1 Å². The van der Waals surface area contributed by atoms with Crippen LogP contribution in [0.3, 0.4) is 0 Å². The second-order valence-corrected chi connectivity index (χ2v) is 6.63. The summed E-state index contributed by atoms with van der Waals surface area (Å²) in [6, 6.07) is 1.50. The minimum absolute atomic E-state index is 0.0570. The minimum Gasteiger partial charge on any atom is -0.496 e. The van der Waals surface area contributed by atoms with Crippen LogP contribution >= 0.6 is 11.6 Å². The predicted molar refractivity (Wildman–Crippen MR) is 94.2 cm³/mol. The van der Waals surface area contributed by atoms with Crippen LogP contribution in [0.2, 0.25) is 5.02 Å². The number of rotatable bonds is 5. The molecule has 0 amide bonds. The van der Waals surface area contributed by atoms with Gasteiger partial charge in [-0.15, -0.1) is 0 Å². The van der Waals surface area contributed by atoms with Crippen LogP contribution in [0, 0.1) is 5.92 Å². The Labute approximate surface area is 155 Å². The fourth-order valence-electron chi connectivity index (χ4n) is 3.47. The molecule has 0 aromatic heterocycles. The monoisotopic (exact) mass is 381 g/mol. The fraction of sp³-hybridized carbons (Fsp3) is 0.444. The van der Waals surface area contributed by atoms with Gasteiger partial charge in [0.25, 0.3) is 0 Å². The quantitative estimate of drug-likeness (QED) is 0.750. The standard InChI is InChI=1S/C18H20ClNO6/c1-9-6-10(20-4-5-21)7-13(22)18(9)17(23)14-11(24-2)8-12(25-3)15(19)16(14)26-18/h7-9,20-21H,4-6H2,1-3H3/t9-,18+/m1/s1. The molecule has 1 spiro atoms. The van der Waals surface area contributed by atoms with E-state index in [1.165, 1.54) is 26.4 Å². The fourth-order valence-corrected chi connectivity index (χ4v) is 3.73. The van der Waals surface area contributed by atoms with Crippen molar-refractivity contribution in [3.05, 3.63) is 28.4 Å². The number of carbonyl (C=O) groups is 2. The van der Waals surface area contributed by atoms with Crippen molar-refractivity contribution in [1.82, 2.24) is 5.32 Å². The number of ketones is 2. The molecule has 1 aromatic rings. The Kier molecular flexibility index (Phi) is 4.86. The summed E-state index contributed by atoms with van der Waals surface area (Å²) >= 11 is 6.32. The lowest BCUT2D eigenvalue weighted by Crippen LogP contribution is -2.55. The number of ether oxygens (including phenoxy) is 3. The van der Waals surface area contributed by atoms with Gasteiger partial charge in [-0.25, -0.2) is 0 Å². The maximum atomic E-state index is 13.2. The molecule has 3 rings (SSSR count). The number of Topliss-reactive ketones (excluding diaryl/α,β-unsaturated/α-hetero) is 1. The summed E-state index contributed by atoms with van der Waals surface area (Å²) < 4.78 is 16.4. The highest BCUT2D eigenvalue weighted by atomic mass is 35.5. The van der Waals surface area contributed by atoms with E-state index in [1.807, 2.05) is 0 Å². The van der Waals surface area contributed by atoms with E-state index in [4.69, 9.17) is 30.9 Å². The van der Waals surface area contributed by atoms with E-state index in [0.717, 1.165) is 0 Å². The third kappa shape index (κ3) is 2.54. The van der Waals surface area contributed by atoms with E-state index >= 15 is 0 Å². The number of nitrogens with one attached hydrogen (secondary N) is 1. The highest BCUT2D eigenvalue weighted by Crippen LogP contribution is 2.52. The molecule has 0 saturated heterocycles. The summed E-state index contributed by atoms with van der Waals surface area (Å²) in [5.41, 5.74) is -0.862. The van der Waals surface area contributed by atoms with Gasteiger partial charge in [0.05, 0.1) is 20.8 Å². The number of allylic oxidation sites excluding steroid dienone is 1.